The molecular weight excluding hydrogens is 409 g/mol. The first-order chi connectivity index (χ1) is 10.8. The molecule has 0 N–H and O–H groups in total. The summed E-state index contributed by atoms with van der Waals surface area (Å²) in [6, 6.07) is 10.2. The Kier molecular flexibility index (Phi) is 10.0. The fraction of sp³-hybridized carbons (Fsp3) is 0.500. The van der Waals surface area contributed by atoms with Gasteiger partial charge in [0, 0.05) is 12.7 Å². The molecule has 0 saturated heterocycles. The molecule has 0 bridgehead atoms. The van der Waals surface area contributed by atoms with E-state index in [1.54, 1.807) is 7.11 Å². The van der Waals surface area contributed by atoms with Crippen molar-refractivity contribution in [1.29, 1.82) is 0 Å². The van der Waals surface area contributed by atoms with E-state index in [9.17, 15) is 0 Å². The number of methoxy groups -OCH3 is 1. The Morgan fingerprint density at radius 1 is 1.00 bits per heavy atom. The second kappa shape index (κ2) is 11.5. The zero-order valence-corrected chi connectivity index (χ0v) is 15.8. The number of nitrogens with zero attached hydrogens (tertiary/aromatic N) is 3. The van der Waals surface area contributed by atoms with Crippen molar-refractivity contribution < 1.29 is 42.9 Å². The molecule has 1 aromatic carbocycles. The number of ether oxygens (including phenoxy) is 3. The molecule has 0 aliphatic heterocycles. The zero-order chi connectivity index (χ0) is 15.6. The molecule has 0 radical (unpaired) electrons. The number of aryl methyl sites for hydroxylation is 1. The lowest BCUT2D eigenvalue weighted by Crippen LogP contribution is -3.00. The van der Waals surface area contributed by atoms with E-state index in [1.165, 1.54) is 0 Å². The van der Waals surface area contributed by atoms with E-state index in [-0.39, 0.29) is 24.0 Å². The smallest absolute Gasteiger partial charge is 0.197 e. The fourth-order valence-electron chi connectivity index (χ4n) is 2.07. The lowest BCUT2D eigenvalue weighted by molar-refractivity contribution is -0.722. The third-order valence-electron chi connectivity index (χ3n) is 3.21. The Bertz CT molecular complexity index is 549. The quantitative estimate of drug-likeness (QED) is 0.249. The van der Waals surface area contributed by atoms with Gasteiger partial charge in [0.2, 0.25) is 0 Å². The van der Waals surface area contributed by atoms with E-state index in [0.29, 0.717) is 33.0 Å². The Labute approximate surface area is 154 Å². The average molecular weight is 433 g/mol. The molecule has 0 spiro atoms. The van der Waals surface area contributed by atoms with Crippen LogP contribution in [0.4, 0.5) is 0 Å². The molecule has 2 rings (SSSR count). The number of benzene rings is 1. The third-order valence-corrected chi connectivity index (χ3v) is 3.21. The van der Waals surface area contributed by atoms with Crippen LogP contribution < -0.4 is 28.7 Å². The molecule has 0 aliphatic rings. The largest absolute Gasteiger partial charge is 1.00 e. The van der Waals surface area contributed by atoms with Crippen LogP contribution >= 0.6 is 0 Å². The maximum Gasteiger partial charge on any atom is 0.197 e. The molecule has 6 nitrogen and oxygen atoms in total. The second-order valence-electron chi connectivity index (χ2n) is 4.87. The summed E-state index contributed by atoms with van der Waals surface area (Å²) in [4.78, 5) is 0. The average Bonchev–Trinajstić information content (AvgIpc) is 2.92. The van der Waals surface area contributed by atoms with Gasteiger partial charge in [-0.05, 0) is 0 Å². The van der Waals surface area contributed by atoms with Crippen LogP contribution in [0.25, 0.3) is 11.3 Å². The highest BCUT2D eigenvalue weighted by atomic mass is 127. The maximum atomic E-state index is 5.54. The zero-order valence-electron chi connectivity index (χ0n) is 13.7. The minimum Gasteiger partial charge on any atom is -1.00 e. The number of halogens is 1. The first-order valence-electron chi connectivity index (χ1n) is 7.45. The second-order valence-corrected chi connectivity index (χ2v) is 4.87. The van der Waals surface area contributed by atoms with Gasteiger partial charge in [0.15, 0.2) is 11.9 Å². The molecule has 23 heavy (non-hydrogen) atoms. The van der Waals surface area contributed by atoms with Crippen molar-refractivity contribution in [3.05, 3.63) is 36.5 Å². The fourth-order valence-corrected chi connectivity index (χ4v) is 2.07. The predicted molar refractivity (Wildman–Crippen MR) is 82.4 cm³/mol. The predicted octanol–water partition coefficient (Wildman–Crippen LogP) is -1.94. The van der Waals surface area contributed by atoms with Gasteiger partial charge in [-0.15, -0.1) is 9.36 Å². The first-order valence-corrected chi connectivity index (χ1v) is 7.45. The summed E-state index contributed by atoms with van der Waals surface area (Å²) in [5, 5.41) is 4.45. The van der Waals surface area contributed by atoms with Crippen molar-refractivity contribution in [2.45, 2.75) is 6.54 Å². The van der Waals surface area contributed by atoms with E-state index >= 15 is 0 Å². The Balaban J connectivity index is 0.00000264. The molecule has 1 aromatic heterocycles. The number of rotatable bonds is 10. The monoisotopic (exact) mass is 433 g/mol. The van der Waals surface area contributed by atoms with Gasteiger partial charge in [-0.1, -0.05) is 30.3 Å². The van der Waals surface area contributed by atoms with E-state index in [0.717, 1.165) is 17.8 Å². The molecule has 0 atom stereocenters. The summed E-state index contributed by atoms with van der Waals surface area (Å²) < 4.78 is 19.5. The minimum atomic E-state index is 0. The number of hydrogen-bond donors (Lipinski definition) is 0. The summed E-state index contributed by atoms with van der Waals surface area (Å²) in [6.07, 6.45) is 2.04. The van der Waals surface area contributed by atoms with Crippen LogP contribution in [-0.2, 0) is 27.8 Å². The molecule has 128 valence electrons. The van der Waals surface area contributed by atoms with Gasteiger partial charge >= 0.3 is 0 Å². The molecule has 0 aliphatic carbocycles. The lowest BCUT2D eigenvalue weighted by Gasteiger charge is -2.03. The van der Waals surface area contributed by atoms with Crippen LogP contribution in [0, 0.1) is 0 Å². The molecule has 0 unspecified atom stereocenters. The van der Waals surface area contributed by atoms with Crippen LogP contribution in [0.5, 0.6) is 0 Å². The van der Waals surface area contributed by atoms with Crippen LogP contribution in [0.1, 0.15) is 0 Å². The van der Waals surface area contributed by atoms with Gasteiger partial charge in [0.05, 0.1) is 38.2 Å². The molecular formula is C16H24IN3O3. The van der Waals surface area contributed by atoms with E-state index in [4.69, 9.17) is 14.2 Å². The van der Waals surface area contributed by atoms with Crippen LogP contribution in [0.2, 0.25) is 0 Å². The lowest BCUT2D eigenvalue weighted by atomic mass is 10.2. The summed E-state index contributed by atoms with van der Waals surface area (Å²) in [7, 11) is 3.61. The van der Waals surface area contributed by atoms with E-state index < -0.39 is 0 Å². The highest BCUT2D eigenvalue weighted by Gasteiger charge is 2.13. The Hall–Kier alpha value is -1.03. The van der Waals surface area contributed by atoms with Gasteiger partial charge in [-0.25, -0.2) is 0 Å². The molecule has 0 saturated carbocycles. The summed E-state index contributed by atoms with van der Waals surface area (Å²) >= 11 is 0. The maximum absolute atomic E-state index is 5.54. The highest BCUT2D eigenvalue weighted by Crippen LogP contribution is 2.13. The van der Waals surface area contributed by atoms with Gasteiger partial charge in [0.1, 0.15) is 13.6 Å². The molecule has 0 fully saturated rings. The van der Waals surface area contributed by atoms with Gasteiger partial charge in [0.25, 0.3) is 0 Å². The van der Waals surface area contributed by atoms with Crippen molar-refractivity contribution in [1.82, 2.24) is 9.90 Å². The summed E-state index contributed by atoms with van der Waals surface area (Å²) in [5.41, 5.74) is 2.24. The van der Waals surface area contributed by atoms with Crippen molar-refractivity contribution in [2.75, 3.05) is 40.1 Å². The Morgan fingerprint density at radius 3 is 2.35 bits per heavy atom. The van der Waals surface area contributed by atoms with Gasteiger partial charge < -0.3 is 38.2 Å². The van der Waals surface area contributed by atoms with E-state index in [2.05, 4.69) is 17.3 Å². The SMILES string of the molecule is COCCOCCOCCn1cc(-c2ccccc2)[n+](C)n1.[I-]. The van der Waals surface area contributed by atoms with Gasteiger partial charge in [-0.3, -0.25) is 0 Å². The minimum absolute atomic E-state index is 0. The number of aromatic nitrogens is 3. The van der Waals surface area contributed by atoms with Crippen molar-refractivity contribution >= 4 is 0 Å². The number of hydrogen-bond acceptors (Lipinski definition) is 4. The van der Waals surface area contributed by atoms with Gasteiger partial charge in [-0.2, -0.15) is 0 Å². The molecule has 0 amide bonds. The van der Waals surface area contributed by atoms with Crippen LogP contribution in [0.15, 0.2) is 36.5 Å². The Morgan fingerprint density at radius 2 is 1.65 bits per heavy atom. The molecule has 2 aromatic rings. The van der Waals surface area contributed by atoms with Crippen molar-refractivity contribution in [2.24, 2.45) is 7.05 Å². The first kappa shape index (κ1) is 20.0. The topological polar surface area (TPSA) is 49.4 Å². The standard InChI is InChI=1S/C16H24N3O3.HI/c1-18-16(15-6-4-3-5-7-15)14-19(17-18)8-9-21-12-13-22-11-10-20-2;/h3-7,14H,8-13H2,1-2H3;1H/q+1;/p-1. The van der Waals surface area contributed by atoms with Crippen molar-refractivity contribution in [3.8, 4) is 11.3 Å². The van der Waals surface area contributed by atoms with Crippen molar-refractivity contribution in [3.63, 3.8) is 0 Å². The van der Waals surface area contributed by atoms with E-state index in [1.807, 2.05) is 40.8 Å². The third kappa shape index (κ3) is 6.94. The highest BCUT2D eigenvalue weighted by molar-refractivity contribution is 5.54. The summed E-state index contributed by atoms with van der Waals surface area (Å²) in [5.74, 6) is 0. The normalized spacial score (nSPS) is 10.5. The van der Waals surface area contributed by atoms with Crippen LogP contribution in [-0.4, -0.2) is 50.0 Å². The van der Waals surface area contributed by atoms with Crippen LogP contribution in [0.3, 0.4) is 0 Å². The molecule has 7 heteroatoms. The summed E-state index contributed by atoms with van der Waals surface area (Å²) in [6.45, 7) is 3.73. The molecule has 1 heterocycles.